The molecule has 0 unspecified atom stereocenters. The van der Waals surface area contributed by atoms with E-state index < -0.39 is 0 Å². The Morgan fingerprint density at radius 1 is 1.36 bits per heavy atom. The van der Waals surface area contributed by atoms with Gasteiger partial charge in [0.25, 0.3) is 0 Å². The minimum atomic E-state index is 0. The first-order chi connectivity index (χ1) is 6.01. The van der Waals surface area contributed by atoms with Gasteiger partial charge in [-0.25, -0.2) is 0 Å². The molecule has 0 fully saturated rings. The molecule has 14 heavy (non-hydrogen) atoms. The Labute approximate surface area is 83.4 Å². The molecule has 0 N–H and O–H groups in total. The first-order valence-electron chi connectivity index (χ1n) is 4.51. The molecule has 0 aromatic rings. The second-order valence-corrected chi connectivity index (χ2v) is 3.65. The normalized spacial score (nSPS) is 30.6. The summed E-state index contributed by atoms with van der Waals surface area (Å²) >= 11 is 0. The summed E-state index contributed by atoms with van der Waals surface area (Å²) in [6.45, 7) is 10.8. The largest absolute Gasteiger partial charge is 0.364 e. The molecule has 1 rings (SSSR count). The van der Waals surface area contributed by atoms with Crippen molar-refractivity contribution < 1.29 is 18.6 Å². The summed E-state index contributed by atoms with van der Waals surface area (Å²) in [6.07, 6.45) is 1.39. The van der Waals surface area contributed by atoms with Gasteiger partial charge in [0.2, 0.25) is 0 Å². The molecule has 0 spiro atoms. The van der Waals surface area contributed by atoms with Gasteiger partial charge < -0.3 is 4.74 Å². The Kier molecular flexibility index (Phi) is 6.90. The molecule has 0 aromatic carbocycles. The fourth-order valence-electron chi connectivity index (χ4n) is 1.64. The van der Waals surface area contributed by atoms with E-state index in [4.69, 9.17) is 13.9 Å². The lowest BCUT2D eigenvalue weighted by Crippen LogP contribution is -2.26. The average molecular weight is 212 g/mol. The van der Waals surface area contributed by atoms with Crippen molar-refractivity contribution >= 4 is 0 Å². The van der Waals surface area contributed by atoms with Gasteiger partial charge in [0.1, 0.15) is 0 Å². The number of halogens is 3. The molecule has 2 atom stereocenters. The van der Waals surface area contributed by atoms with E-state index in [1.165, 1.54) is 11.1 Å². The third kappa shape index (κ3) is 2.74. The molecule has 0 amide bonds. The van der Waals surface area contributed by atoms with Crippen LogP contribution in [0.25, 0.3) is 0 Å². The molecule has 4 heteroatoms. The predicted octanol–water partition coefficient (Wildman–Crippen LogP) is 3.90. The quantitative estimate of drug-likeness (QED) is 0.599. The second kappa shape index (κ2) is 6.06. The van der Waals surface area contributed by atoms with Gasteiger partial charge in [-0.1, -0.05) is 6.92 Å². The lowest BCUT2D eigenvalue weighted by molar-refractivity contribution is -0.0134. The molecule has 0 radical (unpaired) electrons. The maximum absolute atomic E-state index is 8.00. The van der Waals surface area contributed by atoms with E-state index >= 15 is 0 Å². The van der Waals surface area contributed by atoms with Gasteiger partial charge in [0.05, 0.1) is 11.7 Å². The fraction of sp³-hybridized carbons (Fsp3) is 0.800. The zero-order valence-corrected chi connectivity index (χ0v) is 9.36. The van der Waals surface area contributed by atoms with Crippen LogP contribution in [-0.2, 0) is 4.74 Å². The van der Waals surface area contributed by atoms with E-state index in [9.17, 15) is 0 Å². The highest BCUT2D eigenvalue weighted by molar-refractivity contribution is 5.27. The highest BCUT2D eigenvalue weighted by Crippen LogP contribution is 2.37. The molecule has 0 aliphatic carbocycles. The molecule has 86 valence electrons. The summed E-state index contributed by atoms with van der Waals surface area (Å²) < 4.78 is 21.8. The predicted molar refractivity (Wildman–Crippen MR) is 52.3 cm³/mol. The maximum atomic E-state index is 8.00. The third-order valence-electron chi connectivity index (χ3n) is 3.11. The van der Waals surface area contributed by atoms with Crippen molar-refractivity contribution in [2.45, 2.75) is 52.7 Å². The molecule has 1 aliphatic heterocycles. The average Bonchev–Trinajstić information content (AvgIpc) is 2.35. The molecular weight excluding hydrogens is 193 g/mol. The van der Waals surface area contributed by atoms with Crippen LogP contribution in [0.2, 0.25) is 0 Å². The van der Waals surface area contributed by atoms with Gasteiger partial charge >= 0.3 is 0 Å². The second-order valence-electron chi connectivity index (χ2n) is 3.65. The van der Waals surface area contributed by atoms with Crippen LogP contribution in [0, 0.1) is 0 Å². The molecular formula is C10H19F3O. The van der Waals surface area contributed by atoms with Crippen molar-refractivity contribution in [2.24, 2.45) is 0 Å². The van der Waals surface area contributed by atoms with Crippen LogP contribution in [0.3, 0.4) is 0 Å². The van der Waals surface area contributed by atoms with Gasteiger partial charge in [0, 0.05) is 9.15 Å². The summed E-state index contributed by atoms with van der Waals surface area (Å²) in [5.41, 5.74) is 2.85. The van der Waals surface area contributed by atoms with E-state index in [-0.39, 0.29) is 10.3 Å². The van der Waals surface area contributed by atoms with E-state index in [2.05, 4.69) is 34.6 Å². The van der Waals surface area contributed by atoms with E-state index in [1.54, 1.807) is 0 Å². The van der Waals surface area contributed by atoms with Gasteiger partial charge in [-0.3, -0.25) is 4.70 Å². The van der Waals surface area contributed by atoms with Gasteiger partial charge in [0.15, 0.2) is 0 Å². The van der Waals surface area contributed by atoms with Crippen LogP contribution >= 0.6 is 0 Å². The Bertz CT molecular complexity index is 204. The molecule has 0 aromatic heterocycles. The van der Waals surface area contributed by atoms with Crippen LogP contribution in [0.1, 0.15) is 41.0 Å². The monoisotopic (exact) mass is 212 g/mol. The lowest BCUT2D eigenvalue weighted by atomic mass is 9.93. The number of ether oxygens (including phenoxy) is 1. The van der Waals surface area contributed by atoms with Crippen LogP contribution in [0.15, 0.2) is 11.1 Å². The van der Waals surface area contributed by atoms with Crippen molar-refractivity contribution in [2.75, 3.05) is 0 Å². The van der Waals surface area contributed by atoms with Crippen LogP contribution < -0.4 is 0 Å². The zero-order valence-electron chi connectivity index (χ0n) is 9.36. The van der Waals surface area contributed by atoms with Crippen molar-refractivity contribution in [3.63, 3.8) is 0 Å². The van der Waals surface area contributed by atoms with Gasteiger partial charge in [-0.2, -0.15) is 0 Å². The maximum Gasteiger partial charge on any atom is 0.0869 e. The SMILES string of the molecule is CC[C@@]1(C)O[C@@H](C)C(C)=C1C.F.FF. The first-order valence-corrected chi connectivity index (χ1v) is 4.51. The number of hydrogen-bond donors (Lipinski definition) is 0. The van der Waals surface area contributed by atoms with Crippen molar-refractivity contribution in [3.8, 4) is 0 Å². The van der Waals surface area contributed by atoms with Crippen molar-refractivity contribution in [1.82, 2.24) is 0 Å². The topological polar surface area (TPSA) is 9.23 Å². The fourth-order valence-corrected chi connectivity index (χ4v) is 1.64. The van der Waals surface area contributed by atoms with Gasteiger partial charge in [-0.15, -0.1) is 0 Å². The molecule has 1 heterocycles. The minimum Gasteiger partial charge on any atom is -0.364 e. The Morgan fingerprint density at radius 3 is 1.93 bits per heavy atom. The summed E-state index contributed by atoms with van der Waals surface area (Å²) in [5, 5.41) is 0. The number of hydrogen-bond acceptors (Lipinski definition) is 1. The van der Waals surface area contributed by atoms with Crippen molar-refractivity contribution in [1.29, 1.82) is 0 Å². The molecule has 0 saturated heterocycles. The van der Waals surface area contributed by atoms with Crippen LogP contribution in [0.4, 0.5) is 13.9 Å². The summed E-state index contributed by atoms with van der Waals surface area (Å²) in [7, 11) is 0. The smallest absolute Gasteiger partial charge is 0.0869 e. The van der Waals surface area contributed by atoms with Crippen LogP contribution in [-0.4, -0.2) is 11.7 Å². The summed E-state index contributed by atoms with van der Waals surface area (Å²) in [5.74, 6) is 0. The first kappa shape index (κ1) is 15.9. The van der Waals surface area contributed by atoms with E-state index in [0.29, 0.717) is 6.10 Å². The van der Waals surface area contributed by atoms with Crippen LogP contribution in [0.5, 0.6) is 0 Å². The zero-order chi connectivity index (χ0) is 10.6. The van der Waals surface area contributed by atoms with Gasteiger partial charge in [-0.05, 0) is 45.3 Å². The van der Waals surface area contributed by atoms with E-state index in [0.717, 1.165) is 6.42 Å². The Balaban J connectivity index is 0. The molecule has 0 bridgehead atoms. The standard InChI is InChI=1S/C10H18O.F2.FH/c1-6-10(5)8(3)7(2)9(4)11-10;1-2;/h9H,6H2,1-5H3;;1H/t9-,10+;;/m0../s1. The summed E-state index contributed by atoms with van der Waals surface area (Å²) in [4.78, 5) is 0. The lowest BCUT2D eigenvalue weighted by Gasteiger charge is -2.24. The summed E-state index contributed by atoms with van der Waals surface area (Å²) in [6, 6.07) is 0. The molecule has 1 aliphatic rings. The Morgan fingerprint density at radius 2 is 1.79 bits per heavy atom. The molecule has 0 saturated carbocycles. The number of rotatable bonds is 1. The highest BCUT2D eigenvalue weighted by Gasteiger charge is 2.35. The minimum absolute atomic E-state index is 0. The Hall–Kier alpha value is -0.510. The molecule has 1 nitrogen and oxygen atoms in total. The van der Waals surface area contributed by atoms with E-state index in [1.807, 2.05) is 0 Å². The van der Waals surface area contributed by atoms with Crippen molar-refractivity contribution in [3.05, 3.63) is 11.1 Å². The highest BCUT2D eigenvalue weighted by atomic mass is 20.0. The third-order valence-corrected chi connectivity index (χ3v) is 3.11.